The summed E-state index contributed by atoms with van der Waals surface area (Å²) in [5.41, 5.74) is 0.516. The third kappa shape index (κ3) is 0.844. The van der Waals surface area contributed by atoms with Gasteiger partial charge in [0, 0.05) is 6.26 Å². The monoisotopic (exact) mass is 187 g/mol. The molecule has 0 N–H and O–H groups in total. The number of hydrogen-bond acceptors (Lipinski definition) is 3. The van der Waals surface area contributed by atoms with Crippen LogP contribution in [0.4, 0.5) is 0 Å². The predicted octanol–water partition coefficient (Wildman–Crippen LogP) is 1.36. The van der Waals surface area contributed by atoms with Crippen molar-refractivity contribution in [1.82, 2.24) is 0 Å². The second-order valence-corrected chi connectivity index (χ2v) is 5.69. The number of amides is 1. The van der Waals surface area contributed by atoms with E-state index in [2.05, 4.69) is 4.36 Å². The maximum Gasteiger partial charge on any atom is 0.287 e. The van der Waals surface area contributed by atoms with Crippen molar-refractivity contribution in [3.63, 3.8) is 0 Å². The second kappa shape index (κ2) is 1.92. The number of rotatable bonds is 0. The van der Waals surface area contributed by atoms with Gasteiger partial charge in [0.15, 0.2) is 0 Å². The van der Waals surface area contributed by atoms with Gasteiger partial charge in [0.1, 0.15) is 4.21 Å². The first-order chi connectivity index (χ1) is 5.11. The molecule has 0 fully saturated rings. The van der Waals surface area contributed by atoms with Crippen LogP contribution in [-0.2, 0) is 9.73 Å². The number of carbonyl (C=O) groups excluding carboxylic acids is 1. The summed E-state index contributed by atoms with van der Waals surface area (Å²) >= 11 is 1.33. The molecule has 1 atom stereocenters. The fourth-order valence-electron chi connectivity index (χ4n) is 0.996. The second-order valence-electron chi connectivity index (χ2n) is 2.32. The lowest BCUT2D eigenvalue weighted by atomic mass is 10.3. The van der Waals surface area contributed by atoms with E-state index in [4.69, 9.17) is 0 Å². The van der Waals surface area contributed by atoms with E-state index in [1.165, 1.54) is 17.6 Å². The Kier molecular flexibility index (Phi) is 1.22. The summed E-state index contributed by atoms with van der Waals surface area (Å²) in [7, 11) is -2.37. The lowest BCUT2D eigenvalue weighted by Crippen LogP contribution is -1.88. The van der Waals surface area contributed by atoms with Crippen molar-refractivity contribution in [2.24, 2.45) is 4.36 Å². The number of hydrogen-bond donors (Lipinski definition) is 0. The molecule has 1 aliphatic rings. The molecule has 0 aliphatic carbocycles. The maximum atomic E-state index is 11.5. The largest absolute Gasteiger partial charge is 0.287 e. The first kappa shape index (κ1) is 7.00. The molecule has 1 aliphatic heterocycles. The van der Waals surface area contributed by atoms with Gasteiger partial charge in [-0.05, 0) is 11.4 Å². The molecule has 0 spiro atoms. The van der Waals surface area contributed by atoms with Crippen LogP contribution in [0, 0.1) is 0 Å². The Labute approximate surface area is 68.2 Å². The van der Waals surface area contributed by atoms with Crippen molar-refractivity contribution in [2.75, 3.05) is 6.26 Å². The smallest absolute Gasteiger partial charge is 0.266 e. The van der Waals surface area contributed by atoms with Gasteiger partial charge < -0.3 is 0 Å². The zero-order chi connectivity index (χ0) is 8.06. The highest BCUT2D eigenvalue weighted by Gasteiger charge is 2.26. The quantitative estimate of drug-likeness (QED) is 0.615. The van der Waals surface area contributed by atoms with Gasteiger partial charge in [-0.2, -0.15) is 4.36 Å². The van der Waals surface area contributed by atoms with Gasteiger partial charge in [-0.3, -0.25) is 4.79 Å². The fourth-order valence-corrected chi connectivity index (χ4v) is 3.66. The van der Waals surface area contributed by atoms with Gasteiger partial charge in [0.25, 0.3) is 5.91 Å². The third-order valence-corrected chi connectivity index (χ3v) is 4.81. The standard InChI is InChI=1S/C6H5NO2S2/c1-11(9)6-4(2-3-10-6)5(8)7-11/h2-3H,1H3. The van der Waals surface area contributed by atoms with Crippen LogP contribution < -0.4 is 0 Å². The van der Waals surface area contributed by atoms with Crippen LogP contribution in [0.15, 0.2) is 20.0 Å². The van der Waals surface area contributed by atoms with Gasteiger partial charge in [0.2, 0.25) is 0 Å². The summed E-state index contributed by atoms with van der Waals surface area (Å²) in [6, 6.07) is 1.67. The molecular weight excluding hydrogens is 182 g/mol. The molecule has 3 nitrogen and oxygen atoms in total. The van der Waals surface area contributed by atoms with Crippen molar-refractivity contribution in [1.29, 1.82) is 0 Å². The molecule has 11 heavy (non-hydrogen) atoms. The average Bonchev–Trinajstić information content (AvgIpc) is 2.37. The van der Waals surface area contributed by atoms with Crippen molar-refractivity contribution in [2.45, 2.75) is 4.21 Å². The van der Waals surface area contributed by atoms with Gasteiger partial charge in [0.05, 0.1) is 15.3 Å². The van der Waals surface area contributed by atoms with E-state index in [9.17, 15) is 9.00 Å². The molecule has 58 valence electrons. The van der Waals surface area contributed by atoms with Gasteiger partial charge in [-0.1, -0.05) is 0 Å². The van der Waals surface area contributed by atoms with E-state index in [0.29, 0.717) is 9.77 Å². The molecule has 0 radical (unpaired) electrons. The minimum Gasteiger partial charge on any atom is -0.266 e. The van der Waals surface area contributed by atoms with E-state index < -0.39 is 9.73 Å². The fraction of sp³-hybridized carbons (Fsp3) is 0.167. The highest BCUT2D eigenvalue weighted by Crippen LogP contribution is 2.30. The highest BCUT2D eigenvalue weighted by atomic mass is 32.2. The lowest BCUT2D eigenvalue weighted by molar-refractivity contribution is 0.101. The van der Waals surface area contributed by atoms with Gasteiger partial charge >= 0.3 is 0 Å². The Balaban J connectivity index is 2.89. The lowest BCUT2D eigenvalue weighted by Gasteiger charge is -1.88. The van der Waals surface area contributed by atoms with Crippen LogP contribution in [-0.4, -0.2) is 16.4 Å². The van der Waals surface area contributed by atoms with Crippen LogP contribution in [0.5, 0.6) is 0 Å². The summed E-state index contributed by atoms with van der Waals surface area (Å²) in [6.07, 6.45) is 1.49. The summed E-state index contributed by atoms with van der Waals surface area (Å²) in [4.78, 5) is 11.0. The van der Waals surface area contributed by atoms with Gasteiger partial charge in [-0.25, -0.2) is 4.21 Å². The van der Waals surface area contributed by atoms with E-state index in [1.807, 2.05) is 0 Å². The summed E-state index contributed by atoms with van der Waals surface area (Å²) in [5.74, 6) is -0.339. The van der Waals surface area contributed by atoms with E-state index in [1.54, 1.807) is 11.4 Å². The number of nitrogens with zero attached hydrogens (tertiary/aromatic N) is 1. The average molecular weight is 187 g/mol. The number of fused-ring (bicyclic) bond motifs is 1. The molecular formula is C6H5NO2S2. The molecule has 0 saturated heterocycles. The predicted molar refractivity (Wildman–Crippen MR) is 43.4 cm³/mol. The molecule has 0 bridgehead atoms. The Morgan fingerprint density at radius 1 is 1.64 bits per heavy atom. The Bertz CT molecular complexity index is 437. The van der Waals surface area contributed by atoms with Crippen molar-refractivity contribution < 1.29 is 9.00 Å². The van der Waals surface area contributed by atoms with Crippen LogP contribution >= 0.6 is 11.3 Å². The first-order valence-corrected chi connectivity index (χ1v) is 5.75. The van der Waals surface area contributed by atoms with Crippen molar-refractivity contribution in [3.05, 3.63) is 17.0 Å². The van der Waals surface area contributed by atoms with E-state index in [-0.39, 0.29) is 5.91 Å². The molecule has 2 rings (SSSR count). The van der Waals surface area contributed by atoms with E-state index in [0.717, 1.165) is 0 Å². The topological polar surface area (TPSA) is 46.5 Å². The van der Waals surface area contributed by atoms with Gasteiger partial charge in [-0.15, -0.1) is 11.3 Å². The Morgan fingerprint density at radius 2 is 2.36 bits per heavy atom. The summed E-state index contributed by atoms with van der Waals surface area (Å²) in [5, 5.41) is 1.76. The van der Waals surface area contributed by atoms with Crippen LogP contribution in [0.3, 0.4) is 0 Å². The van der Waals surface area contributed by atoms with Crippen LogP contribution in [0.2, 0.25) is 0 Å². The number of carbonyl (C=O) groups is 1. The zero-order valence-electron chi connectivity index (χ0n) is 5.73. The minimum atomic E-state index is -2.37. The molecule has 0 saturated carbocycles. The van der Waals surface area contributed by atoms with E-state index >= 15 is 0 Å². The minimum absolute atomic E-state index is 0.339. The number of thiophene rings is 1. The summed E-state index contributed by atoms with van der Waals surface area (Å²) in [6.45, 7) is 0. The van der Waals surface area contributed by atoms with Crippen molar-refractivity contribution >= 4 is 27.0 Å². The normalized spacial score (nSPS) is 28.3. The molecule has 1 aromatic heterocycles. The SMILES string of the molecule is CS1(=O)=NC(=O)c2ccsc21. The Morgan fingerprint density at radius 3 is 3.00 bits per heavy atom. The van der Waals surface area contributed by atoms with Crippen molar-refractivity contribution in [3.8, 4) is 0 Å². The molecule has 1 aromatic rings. The molecule has 1 amide bonds. The first-order valence-electron chi connectivity index (χ1n) is 2.95. The van der Waals surface area contributed by atoms with Crippen LogP contribution in [0.25, 0.3) is 0 Å². The van der Waals surface area contributed by atoms with Crippen LogP contribution in [0.1, 0.15) is 10.4 Å². The maximum absolute atomic E-state index is 11.5. The highest BCUT2D eigenvalue weighted by molar-refractivity contribution is 7.95. The summed E-state index contributed by atoms with van der Waals surface area (Å²) < 4.78 is 15.7. The molecule has 5 heteroatoms. The zero-order valence-corrected chi connectivity index (χ0v) is 7.37. The molecule has 0 aromatic carbocycles. The molecule has 2 heterocycles. The Hall–Kier alpha value is -0.680. The molecule has 1 unspecified atom stereocenters. The third-order valence-electron chi connectivity index (χ3n) is 1.46.